The predicted octanol–water partition coefficient (Wildman–Crippen LogP) is 4.54. The summed E-state index contributed by atoms with van der Waals surface area (Å²) in [5, 5.41) is 11.9. The quantitative estimate of drug-likeness (QED) is 0.346. The van der Waals surface area contributed by atoms with Crippen molar-refractivity contribution in [3.8, 4) is 5.75 Å². The molecule has 3 aromatic rings. The number of ether oxygens (including phenoxy) is 1. The number of nitrogens with zero attached hydrogens (tertiary/aromatic N) is 3. The zero-order chi connectivity index (χ0) is 24.3. The van der Waals surface area contributed by atoms with Crippen LogP contribution >= 0.6 is 11.8 Å². The molecule has 3 N–H and O–H groups in total. The summed E-state index contributed by atoms with van der Waals surface area (Å²) in [4.78, 5) is 12.7. The van der Waals surface area contributed by atoms with Gasteiger partial charge in [-0.05, 0) is 54.4 Å². The number of benzene rings is 2. The fraction of sp³-hybridized carbons (Fsp3) is 0.423. The Morgan fingerprint density at radius 2 is 1.82 bits per heavy atom. The highest BCUT2D eigenvalue weighted by Gasteiger charge is 2.33. The van der Waals surface area contributed by atoms with Crippen molar-refractivity contribution in [1.29, 1.82) is 0 Å². The van der Waals surface area contributed by atoms with E-state index in [2.05, 4.69) is 79.6 Å². The number of nitrogens with two attached hydrogens (primary N) is 1. The van der Waals surface area contributed by atoms with E-state index in [1.54, 1.807) is 0 Å². The first-order chi connectivity index (χ1) is 16.2. The number of hydrogen-bond donors (Lipinski definition) is 2. The highest BCUT2D eigenvalue weighted by atomic mass is 32.2. The van der Waals surface area contributed by atoms with Gasteiger partial charge in [-0.2, -0.15) is 0 Å². The van der Waals surface area contributed by atoms with Crippen molar-refractivity contribution in [3.63, 3.8) is 0 Å². The molecule has 1 aliphatic carbocycles. The lowest BCUT2D eigenvalue weighted by Crippen LogP contribution is -2.31. The number of rotatable bonds is 9. The molecule has 1 atom stereocenters. The Morgan fingerprint density at radius 3 is 2.44 bits per heavy atom. The molecule has 1 fully saturated rings. The molecule has 0 radical (unpaired) electrons. The molecule has 1 unspecified atom stereocenters. The molecule has 7 nitrogen and oxygen atoms in total. The van der Waals surface area contributed by atoms with Gasteiger partial charge in [0, 0.05) is 0 Å². The summed E-state index contributed by atoms with van der Waals surface area (Å²) >= 11 is 1.27. The van der Waals surface area contributed by atoms with Crippen molar-refractivity contribution in [2.24, 2.45) is 5.92 Å². The van der Waals surface area contributed by atoms with E-state index in [-0.39, 0.29) is 29.7 Å². The van der Waals surface area contributed by atoms with E-state index < -0.39 is 0 Å². The van der Waals surface area contributed by atoms with E-state index in [4.69, 9.17) is 10.6 Å². The van der Waals surface area contributed by atoms with Crippen LogP contribution < -0.4 is 15.9 Å². The summed E-state index contributed by atoms with van der Waals surface area (Å²) in [6.45, 7) is 8.79. The third-order valence-electron chi connectivity index (χ3n) is 6.00. The summed E-state index contributed by atoms with van der Waals surface area (Å²) in [5.41, 5.74) is 3.70. The molecule has 1 aromatic heterocycles. The number of carbonyl (C=O) groups excluding carboxylic acids is 1. The van der Waals surface area contributed by atoms with Gasteiger partial charge in [0.25, 0.3) is 0 Å². The maximum atomic E-state index is 12.7. The van der Waals surface area contributed by atoms with Crippen LogP contribution in [-0.4, -0.2) is 26.5 Å². The Hall–Kier alpha value is -3.00. The lowest BCUT2D eigenvalue weighted by Gasteiger charge is -2.19. The molecule has 1 amide bonds. The number of hydrogen-bond acceptors (Lipinski definition) is 6. The molecule has 0 bridgehead atoms. The molecule has 4 rings (SSSR count). The molecule has 0 saturated heterocycles. The Balaban J connectivity index is 1.29. The van der Waals surface area contributed by atoms with Crippen molar-refractivity contribution < 1.29 is 9.53 Å². The van der Waals surface area contributed by atoms with Crippen LogP contribution in [0.15, 0.2) is 53.7 Å². The number of nitrogens with one attached hydrogen (secondary N) is 1. The fourth-order valence-corrected chi connectivity index (χ4v) is 4.41. The molecule has 0 aliphatic heterocycles. The van der Waals surface area contributed by atoms with Crippen LogP contribution in [0.4, 0.5) is 0 Å². The third kappa shape index (κ3) is 6.11. The average molecular weight is 480 g/mol. The number of aryl methyl sites for hydroxylation is 1. The van der Waals surface area contributed by atoms with Crippen molar-refractivity contribution >= 4 is 17.7 Å². The lowest BCUT2D eigenvalue weighted by molar-refractivity contribution is -0.119. The van der Waals surface area contributed by atoms with Crippen molar-refractivity contribution in [2.45, 2.75) is 63.8 Å². The zero-order valence-electron chi connectivity index (χ0n) is 20.2. The normalized spacial score (nSPS) is 14.6. The monoisotopic (exact) mass is 479 g/mol. The van der Waals surface area contributed by atoms with Crippen LogP contribution in [0.1, 0.15) is 62.2 Å². The zero-order valence-corrected chi connectivity index (χ0v) is 21.1. The Morgan fingerprint density at radius 1 is 1.15 bits per heavy atom. The van der Waals surface area contributed by atoms with Gasteiger partial charge in [0.15, 0.2) is 5.82 Å². The molecular weight excluding hydrogens is 446 g/mol. The van der Waals surface area contributed by atoms with Crippen molar-refractivity contribution in [1.82, 2.24) is 20.2 Å². The summed E-state index contributed by atoms with van der Waals surface area (Å²) < 4.78 is 7.22. The second-order valence-corrected chi connectivity index (χ2v) is 10.9. The van der Waals surface area contributed by atoms with Crippen LogP contribution in [0.25, 0.3) is 0 Å². The molecule has 0 spiro atoms. The largest absolute Gasteiger partial charge is 0.486 e. The fourth-order valence-electron chi connectivity index (χ4n) is 3.73. The summed E-state index contributed by atoms with van der Waals surface area (Å²) in [5.74, 6) is 8.09. The molecule has 1 aliphatic rings. The van der Waals surface area contributed by atoms with E-state index in [1.807, 2.05) is 12.1 Å². The second-order valence-electron chi connectivity index (χ2n) is 9.91. The first kappa shape index (κ1) is 24.1. The molecule has 34 heavy (non-hydrogen) atoms. The standard InChI is InChI=1S/C26H33N5O2S/c1-17-5-7-18(8-6-17)24(19-9-10-19)28-23(32)16-34-25-30-29-22(31(25)27)15-33-21-13-11-20(12-14-21)26(2,3)4/h5-8,11-14,19,24H,9-10,15-16,27H2,1-4H3,(H,28,32). The average Bonchev–Trinajstić information content (AvgIpc) is 3.59. The topological polar surface area (TPSA) is 95.1 Å². The van der Waals surface area contributed by atoms with Gasteiger partial charge < -0.3 is 15.9 Å². The van der Waals surface area contributed by atoms with E-state index in [1.165, 1.54) is 27.6 Å². The van der Waals surface area contributed by atoms with Crippen LogP contribution in [-0.2, 0) is 16.8 Å². The van der Waals surface area contributed by atoms with Crippen LogP contribution in [0, 0.1) is 12.8 Å². The van der Waals surface area contributed by atoms with Crippen molar-refractivity contribution in [2.75, 3.05) is 11.6 Å². The Bertz CT molecular complexity index is 1120. The van der Waals surface area contributed by atoms with Crippen LogP contribution in [0.2, 0.25) is 0 Å². The molecule has 8 heteroatoms. The van der Waals surface area contributed by atoms with E-state index in [0.717, 1.165) is 24.2 Å². The first-order valence-corrected chi connectivity index (χ1v) is 12.6. The number of carbonyl (C=O) groups is 1. The summed E-state index contributed by atoms with van der Waals surface area (Å²) in [6.07, 6.45) is 2.29. The van der Waals surface area contributed by atoms with Gasteiger partial charge in [-0.15, -0.1) is 10.2 Å². The van der Waals surface area contributed by atoms with Gasteiger partial charge in [0.05, 0.1) is 11.8 Å². The number of amides is 1. The number of aromatic nitrogens is 3. The number of nitrogen functional groups attached to an aromatic ring is 1. The maximum Gasteiger partial charge on any atom is 0.230 e. The minimum absolute atomic E-state index is 0.0396. The van der Waals surface area contributed by atoms with Gasteiger partial charge in [-0.3, -0.25) is 4.79 Å². The lowest BCUT2D eigenvalue weighted by atomic mass is 9.87. The van der Waals surface area contributed by atoms with Gasteiger partial charge in [-0.25, -0.2) is 4.68 Å². The minimum Gasteiger partial charge on any atom is -0.486 e. The van der Waals surface area contributed by atoms with E-state index in [9.17, 15) is 4.79 Å². The third-order valence-corrected chi connectivity index (χ3v) is 6.95. The van der Waals surface area contributed by atoms with E-state index in [0.29, 0.717) is 16.9 Å². The Labute approximate surface area is 205 Å². The van der Waals surface area contributed by atoms with Crippen molar-refractivity contribution in [3.05, 3.63) is 71.0 Å². The predicted molar refractivity (Wildman–Crippen MR) is 135 cm³/mol. The van der Waals surface area contributed by atoms with Gasteiger partial charge in [0.2, 0.25) is 11.1 Å². The van der Waals surface area contributed by atoms with Gasteiger partial charge in [-0.1, -0.05) is 74.5 Å². The maximum absolute atomic E-state index is 12.7. The van der Waals surface area contributed by atoms with Crippen LogP contribution in [0.3, 0.4) is 0 Å². The number of thioether (sulfide) groups is 1. The minimum atomic E-state index is -0.0396. The van der Waals surface area contributed by atoms with E-state index >= 15 is 0 Å². The summed E-state index contributed by atoms with van der Waals surface area (Å²) in [7, 11) is 0. The highest BCUT2D eigenvalue weighted by molar-refractivity contribution is 7.99. The molecule has 180 valence electrons. The van der Waals surface area contributed by atoms with Gasteiger partial charge >= 0.3 is 0 Å². The van der Waals surface area contributed by atoms with Crippen LogP contribution in [0.5, 0.6) is 5.75 Å². The molecule has 1 heterocycles. The Kier molecular flexibility index (Phi) is 7.16. The first-order valence-electron chi connectivity index (χ1n) is 11.6. The smallest absolute Gasteiger partial charge is 0.230 e. The molecule has 1 saturated carbocycles. The second kappa shape index (κ2) is 10.1. The molecular formula is C26H33N5O2S. The summed E-state index contributed by atoms with van der Waals surface area (Å²) in [6, 6.07) is 16.5. The van der Waals surface area contributed by atoms with Gasteiger partial charge in [0.1, 0.15) is 12.4 Å². The SMILES string of the molecule is Cc1ccc(C(NC(=O)CSc2nnc(COc3ccc(C(C)(C)C)cc3)n2N)C2CC2)cc1. The highest BCUT2D eigenvalue weighted by Crippen LogP contribution is 2.41. The molecule has 2 aromatic carbocycles.